The van der Waals surface area contributed by atoms with Gasteiger partial charge >= 0.3 is 5.97 Å². The van der Waals surface area contributed by atoms with Gasteiger partial charge in [-0.1, -0.05) is 212 Å². The number of aliphatic carboxylic acids is 1. The lowest BCUT2D eigenvalue weighted by Gasteiger charge is -2.27. The molecule has 8 rings (SSSR count). The summed E-state index contributed by atoms with van der Waals surface area (Å²) in [4.78, 5) is 41.6. The van der Waals surface area contributed by atoms with Crippen LogP contribution in [0, 0.1) is 36.2 Å². The molecule has 0 saturated heterocycles. The van der Waals surface area contributed by atoms with E-state index in [0.29, 0.717) is 5.57 Å². The number of anilines is 4. The number of nitrogens with zero attached hydrogens (tertiary/aromatic N) is 5. The third-order valence-corrected chi connectivity index (χ3v) is 16.4. The van der Waals surface area contributed by atoms with Crippen LogP contribution in [0.25, 0.3) is 34.2 Å². The predicted octanol–water partition coefficient (Wildman–Crippen LogP) is 19.6. The first-order chi connectivity index (χ1) is 44.1. The quantitative estimate of drug-likeness (QED) is 0.00652. The molecule has 0 bridgehead atoms. The Hall–Kier alpha value is -9.76. The molecule has 0 unspecified atom stereocenters. The van der Waals surface area contributed by atoms with E-state index in [1.807, 2.05) is 91.0 Å². The summed E-state index contributed by atoms with van der Waals surface area (Å²) in [6.45, 7) is 16.6. The lowest BCUT2D eigenvalue weighted by molar-refractivity contribution is -0.132. The maximum atomic E-state index is 11.8. The Morgan fingerprint density at radius 1 is 0.533 bits per heavy atom. The fourth-order valence-electron chi connectivity index (χ4n) is 11.8. The van der Waals surface area contributed by atoms with Crippen molar-refractivity contribution in [3.05, 3.63) is 242 Å². The van der Waals surface area contributed by atoms with E-state index in [0.717, 1.165) is 96.4 Å². The smallest absolute Gasteiger partial charge is 0.333 e. The molecule has 2 aliphatic rings. The van der Waals surface area contributed by atoms with E-state index in [1.54, 1.807) is 12.2 Å². The minimum absolute atomic E-state index is 0.0200. The van der Waals surface area contributed by atoms with Crippen LogP contribution in [0.5, 0.6) is 0 Å². The molecule has 2 aliphatic heterocycles. The van der Waals surface area contributed by atoms with Gasteiger partial charge in [-0.3, -0.25) is 14.4 Å². The number of fused-ring (bicyclic) bond motifs is 4. The minimum Gasteiger partial charge on any atom is -0.486 e. The number of allylic oxidation sites excluding steroid dienone is 8. The van der Waals surface area contributed by atoms with Gasteiger partial charge in [0.1, 0.15) is 12.1 Å². The Balaban J connectivity index is 0.000000283. The number of carboxylic acids is 1. The van der Waals surface area contributed by atoms with Gasteiger partial charge in [0, 0.05) is 35.8 Å². The Labute approximate surface area is 534 Å². The van der Waals surface area contributed by atoms with E-state index >= 15 is 0 Å². The van der Waals surface area contributed by atoms with E-state index in [-0.39, 0.29) is 30.2 Å². The van der Waals surface area contributed by atoms with Gasteiger partial charge in [0.15, 0.2) is 0 Å². The van der Waals surface area contributed by atoms with Crippen molar-refractivity contribution in [2.75, 3.05) is 22.9 Å². The molecule has 0 amide bonds. The number of benzene rings is 6. The number of aryl methyl sites for hydroxylation is 5. The van der Waals surface area contributed by atoms with Crippen molar-refractivity contribution in [1.29, 1.82) is 10.5 Å². The molecular weight excluding hydrogens is 1110 g/mol. The van der Waals surface area contributed by atoms with Crippen LogP contribution in [0.4, 0.5) is 22.7 Å². The number of carbonyl (C=O) groups is 3. The van der Waals surface area contributed by atoms with Crippen molar-refractivity contribution in [3.63, 3.8) is 0 Å². The van der Waals surface area contributed by atoms with Gasteiger partial charge in [-0.05, 0) is 180 Å². The highest BCUT2D eigenvalue weighted by atomic mass is 16.5. The van der Waals surface area contributed by atoms with Gasteiger partial charge in [-0.15, -0.1) is 0 Å². The molecule has 0 atom stereocenters. The van der Waals surface area contributed by atoms with Crippen LogP contribution in [0.1, 0.15) is 172 Å². The van der Waals surface area contributed by atoms with E-state index in [9.17, 15) is 24.8 Å². The molecule has 2 heterocycles. The fraction of sp³-hybridized carbons (Fsp3) is 0.316. The maximum Gasteiger partial charge on any atom is 0.333 e. The van der Waals surface area contributed by atoms with Crippen molar-refractivity contribution in [3.8, 4) is 12.1 Å². The van der Waals surface area contributed by atoms with Crippen LogP contribution >= 0.6 is 0 Å². The second-order valence-electron chi connectivity index (χ2n) is 23.0. The van der Waals surface area contributed by atoms with Gasteiger partial charge in [0.05, 0.1) is 6.57 Å². The minimum atomic E-state index is -1.26. The summed E-state index contributed by atoms with van der Waals surface area (Å²) < 4.78 is 9.57. The van der Waals surface area contributed by atoms with E-state index in [4.69, 9.17) is 16.6 Å². The predicted molar refractivity (Wildman–Crippen MR) is 366 cm³/mol. The van der Waals surface area contributed by atoms with Gasteiger partial charge in [-0.25, -0.2) is 4.85 Å². The number of unbranched alkanes of at least 4 members (excludes halogenated alkanes) is 14. The standard InChI is InChI=1S/C48H47N3O4.C31H38N2O2/c1-3-4-5-6-7-8-9-16-27-51-46-25-21-36(30-42(32-44(34-49)55-35-52)38-17-12-10-13-18-38)28-40(46)23-24-41-29-37(22-26-47(41)51)31-43(33-45(50-2)48(53)54)39-19-14-11-15-20-39;1-3-4-5-6-7-8-9-10-20-33-30-18-14-25(2)21-27(30)16-17-28-22-26(15-19-31(28)33)12-11-13-29(23-32)35-24-34/h10-15,17-22,25-26,28-33,35H,3-9,16,23-24,27H2,1H3,(H,53,54);11-15,18-19,21-22,24H,3-10,16-17,20H2,1-2H3/b42-30+,43-31+,44-32+,45-33-;12-11+,29-13-. The van der Waals surface area contributed by atoms with Gasteiger partial charge in [0.25, 0.3) is 18.6 Å². The van der Waals surface area contributed by atoms with Crippen molar-refractivity contribution >= 4 is 71.0 Å². The summed E-state index contributed by atoms with van der Waals surface area (Å²) in [7, 11) is 0. The first kappa shape index (κ1) is 67.7. The van der Waals surface area contributed by atoms with Crippen LogP contribution in [0.15, 0.2) is 175 Å². The fourth-order valence-corrected chi connectivity index (χ4v) is 11.8. The van der Waals surface area contributed by atoms with Crippen molar-refractivity contribution in [2.24, 2.45) is 0 Å². The lowest BCUT2D eigenvalue weighted by Crippen LogP contribution is -2.20. The zero-order valence-corrected chi connectivity index (χ0v) is 52.7. The normalized spacial score (nSPS) is 13.2. The van der Waals surface area contributed by atoms with Gasteiger partial charge < -0.3 is 24.4 Å². The maximum absolute atomic E-state index is 11.8. The topological polar surface area (TPSA) is 148 Å². The average Bonchev–Trinajstić information content (AvgIpc) is 1.65. The molecule has 6 aromatic carbocycles. The van der Waals surface area contributed by atoms with Crippen LogP contribution < -0.4 is 9.80 Å². The molecule has 462 valence electrons. The monoisotopic (exact) mass is 1200 g/mol. The lowest BCUT2D eigenvalue weighted by atomic mass is 9.97. The summed E-state index contributed by atoms with van der Waals surface area (Å²) in [5, 5.41) is 28.2. The molecule has 0 aromatic heterocycles. The zero-order chi connectivity index (χ0) is 63.7. The van der Waals surface area contributed by atoms with Crippen molar-refractivity contribution < 1.29 is 29.0 Å². The van der Waals surface area contributed by atoms with Crippen LogP contribution in [-0.2, 0) is 49.5 Å². The number of ether oxygens (including phenoxy) is 2. The highest BCUT2D eigenvalue weighted by Gasteiger charge is 2.23. The molecule has 0 spiro atoms. The largest absolute Gasteiger partial charge is 0.486 e. The molecular formula is C79H85N5O6. The Morgan fingerprint density at radius 2 is 0.933 bits per heavy atom. The van der Waals surface area contributed by atoms with E-state index in [2.05, 4.69) is 113 Å². The van der Waals surface area contributed by atoms with E-state index in [1.165, 1.54) is 141 Å². The third-order valence-electron chi connectivity index (χ3n) is 16.4. The number of carboxylic acid groups (broad SMARTS) is 1. The molecule has 11 heteroatoms. The van der Waals surface area contributed by atoms with Crippen molar-refractivity contribution in [2.45, 2.75) is 149 Å². The number of carbonyl (C=O) groups excluding carboxylic acids is 2. The summed E-state index contributed by atoms with van der Waals surface area (Å²) in [6.07, 6.45) is 36.2. The number of hydrogen-bond acceptors (Lipinski definition) is 9. The second kappa shape index (κ2) is 37.2. The summed E-state index contributed by atoms with van der Waals surface area (Å²) >= 11 is 0. The number of rotatable bonds is 31. The van der Waals surface area contributed by atoms with E-state index < -0.39 is 5.97 Å². The second-order valence-corrected chi connectivity index (χ2v) is 23.0. The summed E-state index contributed by atoms with van der Waals surface area (Å²) in [5.74, 6) is -1.36. The van der Waals surface area contributed by atoms with Crippen LogP contribution in [0.3, 0.4) is 0 Å². The Bertz CT molecular complexity index is 3680. The SMILES string of the molecule is CCCCCCCCCCN1c2ccc(C)cc2CCc2cc(/C=C/C=C(/C#N)OC=O)ccc21.[C-]#[N+]/C(=C\C(=C/c1ccc2c(c1)CCc1cc(/C=C(\C=C(/C#N)OC=O)c3ccccc3)ccc1N2CCCCCCCCCC)c1ccccc1)C(=O)O. The molecule has 0 aliphatic carbocycles. The first-order valence-corrected chi connectivity index (χ1v) is 32.1. The Kier molecular flexibility index (Phi) is 28.0. The Morgan fingerprint density at radius 3 is 1.37 bits per heavy atom. The molecule has 1 N–H and O–H groups in total. The van der Waals surface area contributed by atoms with Crippen LogP contribution in [0.2, 0.25) is 0 Å². The summed E-state index contributed by atoms with van der Waals surface area (Å²) in [5.41, 5.74) is 17.2. The molecule has 11 nitrogen and oxygen atoms in total. The molecule has 0 saturated carbocycles. The number of nitriles is 2. The summed E-state index contributed by atoms with van der Waals surface area (Å²) in [6, 6.07) is 49.4. The molecule has 0 radical (unpaired) electrons. The first-order valence-electron chi connectivity index (χ1n) is 32.1. The van der Waals surface area contributed by atoms with Crippen molar-refractivity contribution in [1.82, 2.24) is 0 Å². The molecule has 6 aromatic rings. The highest BCUT2D eigenvalue weighted by Crippen LogP contribution is 2.40. The highest BCUT2D eigenvalue weighted by molar-refractivity contribution is 5.97. The molecule has 90 heavy (non-hydrogen) atoms. The number of hydrogen-bond donors (Lipinski definition) is 1. The molecule has 0 fully saturated rings. The van der Waals surface area contributed by atoms with Gasteiger partial charge in [-0.2, -0.15) is 10.5 Å². The zero-order valence-electron chi connectivity index (χ0n) is 52.7. The third kappa shape index (κ3) is 20.7. The average molecular weight is 1200 g/mol. The van der Waals surface area contributed by atoms with Crippen LogP contribution in [-0.4, -0.2) is 37.1 Å². The van der Waals surface area contributed by atoms with Gasteiger partial charge in [0.2, 0.25) is 11.5 Å².